The summed E-state index contributed by atoms with van der Waals surface area (Å²) in [5, 5.41) is 2.98. The highest BCUT2D eigenvalue weighted by molar-refractivity contribution is 5.97. The fourth-order valence-electron chi connectivity index (χ4n) is 4.71. The average Bonchev–Trinajstić information content (AvgIpc) is 3.22. The Hall–Kier alpha value is -2.94. The Morgan fingerprint density at radius 1 is 1.03 bits per heavy atom. The highest BCUT2D eigenvalue weighted by atomic mass is 16.6. The van der Waals surface area contributed by atoms with Gasteiger partial charge in [-0.2, -0.15) is 0 Å². The molecule has 8 nitrogen and oxygen atoms in total. The maximum Gasteiger partial charge on any atom is 0.411 e. The summed E-state index contributed by atoms with van der Waals surface area (Å²) < 4.78 is 5.49. The number of rotatable bonds is 5. The number of likely N-dealkylation sites (N-methyl/N-ethyl adjacent to an activating group) is 1. The van der Waals surface area contributed by atoms with E-state index in [-0.39, 0.29) is 11.9 Å². The van der Waals surface area contributed by atoms with Gasteiger partial charge in [0.2, 0.25) is 5.91 Å². The van der Waals surface area contributed by atoms with Crippen molar-refractivity contribution in [1.82, 2.24) is 14.7 Å². The summed E-state index contributed by atoms with van der Waals surface area (Å²) in [4.78, 5) is 32.1. The number of likely N-dealkylation sites (tertiary alicyclic amines) is 1. The first-order valence-electron chi connectivity index (χ1n) is 12.7. The summed E-state index contributed by atoms with van der Waals surface area (Å²) >= 11 is 0. The number of nitrogens with two attached hydrogens (primary N) is 1. The second kappa shape index (κ2) is 11.0. The summed E-state index contributed by atoms with van der Waals surface area (Å²) in [6.07, 6.45) is -0.111. The average molecular weight is 494 g/mol. The molecule has 2 aliphatic rings. The number of benzene rings is 2. The largest absolute Gasteiger partial charge is 0.444 e. The minimum Gasteiger partial charge on any atom is -0.444 e. The summed E-state index contributed by atoms with van der Waals surface area (Å²) in [7, 11) is 2.17. The number of nitrogens with zero attached hydrogens (tertiary/aromatic N) is 3. The molecular formula is C28H39N5O3. The first-order chi connectivity index (χ1) is 17.1. The first-order valence-corrected chi connectivity index (χ1v) is 12.7. The molecule has 2 aliphatic heterocycles. The van der Waals surface area contributed by atoms with Crippen LogP contribution in [0.25, 0.3) is 11.1 Å². The Balaban J connectivity index is 1.40. The third kappa shape index (κ3) is 6.84. The lowest BCUT2D eigenvalue weighted by Crippen LogP contribution is -2.45. The zero-order chi connectivity index (χ0) is 25.9. The fourth-order valence-corrected chi connectivity index (χ4v) is 4.71. The van der Waals surface area contributed by atoms with Crippen molar-refractivity contribution in [2.24, 2.45) is 5.73 Å². The Bertz CT molecular complexity index is 1060. The standard InChI is InChI=1S/C28H39N5O3/c1-28(2,3)36-27(35)33-19-23(29)17-25(33)26(34)30-24-7-5-6-22(16-24)21-10-8-20(9-11-21)18-32-14-12-31(4)13-15-32/h5-11,16,23,25H,12-15,17-19,29H2,1-4H3,(H,30,34)/t23-,25+/m1/s1. The van der Waals surface area contributed by atoms with Crippen LogP contribution in [0.1, 0.15) is 32.8 Å². The van der Waals surface area contributed by atoms with Crippen LogP contribution in [0, 0.1) is 0 Å². The van der Waals surface area contributed by atoms with Gasteiger partial charge in [-0.05, 0) is 63.1 Å². The van der Waals surface area contributed by atoms with Crippen LogP contribution in [0.5, 0.6) is 0 Å². The van der Waals surface area contributed by atoms with E-state index in [4.69, 9.17) is 10.5 Å². The third-order valence-electron chi connectivity index (χ3n) is 6.68. The molecule has 0 unspecified atom stereocenters. The highest BCUT2D eigenvalue weighted by Crippen LogP contribution is 2.26. The predicted octanol–water partition coefficient (Wildman–Crippen LogP) is 3.38. The number of nitrogens with one attached hydrogen (secondary N) is 1. The molecule has 2 heterocycles. The monoisotopic (exact) mass is 493 g/mol. The van der Waals surface area contributed by atoms with Gasteiger partial charge in [-0.25, -0.2) is 4.79 Å². The normalized spacial score (nSPS) is 21.4. The van der Waals surface area contributed by atoms with E-state index >= 15 is 0 Å². The summed E-state index contributed by atoms with van der Waals surface area (Å²) in [6, 6.07) is 15.5. The molecule has 0 aliphatic carbocycles. The molecule has 4 rings (SSSR count). The van der Waals surface area contributed by atoms with Crippen molar-refractivity contribution >= 4 is 17.7 Å². The van der Waals surface area contributed by atoms with Crippen LogP contribution in [0.4, 0.5) is 10.5 Å². The Morgan fingerprint density at radius 3 is 2.39 bits per heavy atom. The molecule has 2 aromatic rings. The lowest BCUT2D eigenvalue weighted by atomic mass is 10.0. The molecule has 0 bridgehead atoms. The smallest absolute Gasteiger partial charge is 0.411 e. The number of anilines is 1. The van der Waals surface area contributed by atoms with Gasteiger partial charge in [-0.3, -0.25) is 14.6 Å². The lowest BCUT2D eigenvalue weighted by molar-refractivity contribution is -0.120. The molecule has 2 fully saturated rings. The van der Waals surface area contributed by atoms with Gasteiger partial charge in [0.05, 0.1) is 0 Å². The van der Waals surface area contributed by atoms with Crippen LogP contribution in [0.3, 0.4) is 0 Å². The molecule has 2 saturated heterocycles. The Kier molecular flexibility index (Phi) is 7.97. The quantitative estimate of drug-likeness (QED) is 0.664. The first kappa shape index (κ1) is 26.1. The number of ether oxygens (including phenoxy) is 1. The Morgan fingerprint density at radius 2 is 1.72 bits per heavy atom. The molecule has 0 saturated carbocycles. The maximum absolute atomic E-state index is 13.1. The second-order valence-corrected chi connectivity index (χ2v) is 11.0. The molecule has 36 heavy (non-hydrogen) atoms. The summed E-state index contributed by atoms with van der Waals surface area (Å²) in [6.45, 7) is 11.1. The number of carbonyl (C=O) groups excluding carboxylic acids is 2. The van der Waals surface area contributed by atoms with Crippen LogP contribution < -0.4 is 11.1 Å². The van der Waals surface area contributed by atoms with E-state index in [0.717, 1.165) is 43.9 Å². The lowest BCUT2D eigenvalue weighted by Gasteiger charge is -2.32. The van der Waals surface area contributed by atoms with Crippen LogP contribution >= 0.6 is 0 Å². The van der Waals surface area contributed by atoms with E-state index in [9.17, 15) is 9.59 Å². The van der Waals surface area contributed by atoms with Crippen LogP contribution in [0.15, 0.2) is 48.5 Å². The zero-order valence-corrected chi connectivity index (χ0v) is 21.9. The van der Waals surface area contributed by atoms with Crippen molar-refractivity contribution in [1.29, 1.82) is 0 Å². The van der Waals surface area contributed by atoms with E-state index in [1.165, 1.54) is 10.5 Å². The van der Waals surface area contributed by atoms with E-state index < -0.39 is 17.7 Å². The maximum atomic E-state index is 13.1. The number of hydrogen-bond donors (Lipinski definition) is 2. The molecule has 2 atom stereocenters. The van der Waals surface area contributed by atoms with E-state index in [2.05, 4.69) is 46.4 Å². The molecule has 2 aromatic carbocycles. The van der Waals surface area contributed by atoms with Crippen LogP contribution in [-0.4, -0.2) is 84.2 Å². The number of amides is 2. The number of carbonyl (C=O) groups is 2. The van der Waals surface area contributed by atoms with Crippen LogP contribution in [0.2, 0.25) is 0 Å². The Labute approximate surface area is 214 Å². The van der Waals surface area contributed by atoms with E-state index in [1.807, 2.05) is 24.3 Å². The van der Waals surface area contributed by atoms with Gasteiger partial charge in [0, 0.05) is 51.0 Å². The van der Waals surface area contributed by atoms with Crippen molar-refractivity contribution in [3.63, 3.8) is 0 Å². The van der Waals surface area contributed by atoms with Gasteiger partial charge in [0.1, 0.15) is 11.6 Å². The van der Waals surface area contributed by atoms with Gasteiger partial charge >= 0.3 is 6.09 Å². The van der Waals surface area contributed by atoms with Crippen molar-refractivity contribution in [2.45, 2.75) is 51.4 Å². The second-order valence-electron chi connectivity index (χ2n) is 11.0. The molecule has 0 spiro atoms. The number of hydrogen-bond acceptors (Lipinski definition) is 6. The van der Waals surface area contributed by atoms with Crippen molar-refractivity contribution in [3.8, 4) is 11.1 Å². The molecule has 2 amide bonds. The van der Waals surface area contributed by atoms with E-state index in [0.29, 0.717) is 18.7 Å². The predicted molar refractivity (Wildman–Crippen MR) is 143 cm³/mol. The van der Waals surface area contributed by atoms with E-state index in [1.54, 1.807) is 20.8 Å². The molecule has 3 N–H and O–H groups in total. The molecule has 8 heteroatoms. The minimum atomic E-state index is -0.660. The van der Waals surface area contributed by atoms with Crippen molar-refractivity contribution in [3.05, 3.63) is 54.1 Å². The minimum absolute atomic E-state index is 0.256. The topological polar surface area (TPSA) is 91.1 Å². The summed E-state index contributed by atoms with van der Waals surface area (Å²) in [5.74, 6) is -0.256. The highest BCUT2D eigenvalue weighted by Gasteiger charge is 2.40. The van der Waals surface area contributed by atoms with Gasteiger partial charge < -0.3 is 20.7 Å². The fraction of sp³-hybridized carbons (Fsp3) is 0.500. The third-order valence-corrected chi connectivity index (χ3v) is 6.68. The van der Waals surface area contributed by atoms with Crippen molar-refractivity contribution < 1.29 is 14.3 Å². The molecule has 194 valence electrons. The SMILES string of the molecule is CN1CCN(Cc2ccc(-c3cccc(NC(=O)[C@@H]4C[C@@H](N)CN4C(=O)OC(C)(C)C)c3)cc2)CC1. The summed E-state index contributed by atoms with van der Waals surface area (Å²) in [5.41, 5.74) is 9.54. The van der Waals surface area contributed by atoms with Crippen LogP contribution in [-0.2, 0) is 16.1 Å². The van der Waals surface area contributed by atoms with Gasteiger partial charge in [-0.1, -0.05) is 36.4 Å². The number of piperazine rings is 1. The van der Waals surface area contributed by atoms with Crippen molar-refractivity contribution in [2.75, 3.05) is 45.1 Å². The molecule has 0 radical (unpaired) electrons. The molecule has 0 aromatic heterocycles. The van der Waals surface area contributed by atoms with Gasteiger partial charge in [-0.15, -0.1) is 0 Å². The zero-order valence-electron chi connectivity index (χ0n) is 21.9. The van der Waals surface area contributed by atoms with Gasteiger partial charge in [0.15, 0.2) is 0 Å². The molecular weight excluding hydrogens is 454 g/mol. The van der Waals surface area contributed by atoms with Gasteiger partial charge in [0.25, 0.3) is 0 Å².